The molecule has 0 aliphatic heterocycles. The maximum atomic E-state index is 10.7. The van der Waals surface area contributed by atoms with Crippen LogP contribution < -0.4 is 4.74 Å². The van der Waals surface area contributed by atoms with Crippen LogP contribution in [0.25, 0.3) is 0 Å². The van der Waals surface area contributed by atoms with Gasteiger partial charge in [0.1, 0.15) is 5.75 Å². The third-order valence-electron chi connectivity index (χ3n) is 2.20. The first-order chi connectivity index (χ1) is 7.33. The number of methoxy groups -OCH3 is 1. The second-order valence-corrected chi connectivity index (χ2v) is 4.99. The fourth-order valence-electron chi connectivity index (χ4n) is 1.59. The fourth-order valence-corrected chi connectivity index (χ4v) is 1.59. The lowest BCUT2D eigenvalue weighted by atomic mass is 9.87. The monoisotopic (exact) mass is 223 g/mol. The van der Waals surface area contributed by atoms with Gasteiger partial charge in [-0.3, -0.25) is 10.1 Å². The second-order valence-electron chi connectivity index (χ2n) is 4.99. The van der Waals surface area contributed by atoms with Gasteiger partial charge in [0.2, 0.25) is 0 Å². The summed E-state index contributed by atoms with van der Waals surface area (Å²) in [5.74, 6) is 0.709. The molecule has 4 nitrogen and oxygen atoms in total. The standard InChI is InChI=1S/C12H17NO3/c1-12(2,3)8-9-7-10(13(14)15)5-6-11(9)16-4/h5-7H,8H2,1-4H3. The van der Waals surface area contributed by atoms with Gasteiger partial charge in [0.25, 0.3) is 5.69 Å². The fraction of sp³-hybridized carbons (Fsp3) is 0.500. The number of nitro benzene ring substituents is 1. The molecule has 0 aliphatic carbocycles. The van der Waals surface area contributed by atoms with E-state index in [0.717, 1.165) is 12.0 Å². The van der Waals surface area contributed by atoms with Crippen LogP contribution in [0.3, 0.4) is 0 Å². The Morgan fingerprint density at radius 3 is 2.44 bits per heavy atom. The zero-order chi connectivity index (χ0) is 12.3. The van der Waals surface area contributed by atoms with Crippen LogP contribution in [0.5, 0.6) is 5.75 Å². The highest BCUT2D eigenvalue weighted by atomic mass is 16.6. The molecule has 0 saturated heterocycles. The minimum atomic E-state index is -0.383. The van der Waals surface area contributed by atoms with Gasteiger partial charge in [0.05, 0.1) is 12.0 Å². The van der Waals surface area contributed by atoms with Crippen molar-refractivity contribution < 1.29 is 9.66 Å². The lowest BCUT2D eigenvalue weighted by Gasteiger charge is -2.19. The molecule has 4 heteroatoms. The minimum absolute atomic E-state index is 0.0719. The summed E-state index contributed by atoms with van der Waals surface area (Å²) in [5.41, 5.74) is 1.06. The van der Waals surface area contributed by atoms with Crippen molar-refractivity contribution in [2.45, 2.75) is 27.2 Å². The van der Waals surface area contributed by atoms with Gasteiger partial charge in [-0.15, -0.1) is 0 Å². The molecule has 0 bridgehead atoms. The third-order valence-corrected chi connectivity index (χ3v) is 2.20. The van der Waals surface area contributed by atoms with Crippen LogP contribution >= 0.6 is 0 Å². The van der Waals surface area contributed by atoms with Crippen LogP contribution in [0.4, 0.5) is 5.69 Å². The van der Waals surface area contributed by atoms with Crippen molar-refractivity contribution in [2.24, 2.45) is 5.41 Å². The zero-order valence-electron chi connectivity index (χ0n) is 10.1. The van der Waals surface area contributed by atoms with Crippen LogP contribution in [0.15, 0.2) is 18.2 Å². The predicted octanol–water partition coefficient (Wildman–Crippen LogP) is 3.19. The molecule has 1 aromatic carbocycles. The molecule has 0 N–H and O–H groups in total. The van der Waals surface area contributed by atoms with Crippen molar-refractivity contribution in [1.29, 1.82) is 0 Å². The molecule has 1 rings (SSSR count). The SMILES string of the molecule is COc1ccc([N+](=O)[O-])cc1CC(C)(C)C. The molecule has 0 aromatic heterocycles. The Bertz CT molecular complexity index is 394. The van der Waals surface area contributed by atoms with E-state index in [4.69, 9.17) is 4.74 Å². The molecule has 1 aromatic rings. The lowest BCUT2D eigenvalue weighted by molar-refractivity contribution is -0.384. The maximum Gasteiger partial charge on any atom is 0.269 e. The molecule has 0 aliphatic rings. The Balaban J connectivity index is 3.12. The van der Waals surface area contributed by atoms with Crippen molar-refractivity contribution in [2.75, 3.05) is 7.11 Å². The number of benzene rings is 1. The topological polar surface area (TPSA) is 52.4 Å². The van der Waals surface area contributed by atoms with Gasteiger partial charge in [0.15, 0.2) is 0 Å². The number of nitro groups is 1. The molecule has 0 atom stereocenters. The Labute approximate surface area is 95.4 Å². The number of ether oxygens (including phenoxy) is 1. The average Bonchev–Trinajstić information content (AvgIpc) is 2.15. The van der Waals surface area contributed by atoms with E-state index in [1.807, 2.05) is 0 Å². The van der Waals surface area contributed by atoms with Crippen molar-refractivity contribution in [1.82, 2.24) is 0 Å². The number of nitrogens with zero attached hydrogens (tertiary/aromatic N) is 1. The van der Waals surface area contributed by atoms with E-state index in [0.29, 0.717) is 5.75 Å². The number of hydrogen-bond acceptors (Lipinski definition) is 3. The largest absolute Gasteiger partial charge is 0.496 e. The van der Waals surface area contributed by atoms with Crippen LogP contribution in [-0.2, 0) is 6.42 Å². The van der Waals surface area contributed by atoms with Gasteiger partial charge >= 0.3 is 0 Å². The van der Waals surface area contributed by atoms with Gasteiger partial charge in [0, 0.05) is 17.7 Å². The summed E-state index contributed by atoms with van der Waals surface area (Å²) in [6.45, 7) is 6.27. The highest BCUT2D eigenvalue weighted by Gasteiger charge is 2.17. The zero-order valence-corrected chi connectivity index (χ0v) is 10.1. The predicted molar refractivity (Wildman–Crippen MR) is 62.8 cm³/mol. The molecule has 0 heterocycles. The highest BCUT2D eigenvalue weighted by molar-refractivity contribution is 5.44. The first-order valence-corrected chi connectivity index (χ1v) is 5.15. The number of rotatable bonds is 3. The summed E-state index contributed by atoms with van der Waals surface area (Å²) in [4.78, 5) is 10.3. The summed E-state index contributed by atoms with van der Waals surface area (Å²) < 4.78 is 5.20. The molecular formula is C12H17NO3. The first kappa shape index (κ1) is 12.5. The van der Waals surface area contributed by atoms with E-state index >= 15 is 0 Å². The molecule has 0 amide bonds. The van der Waals surface area contributed by atoms with Crippen LogP contribution in [0.2, 0.25) is 0 Å². The quantitative estimate of drug-likeness (QED) is 0.584. The Hall–Kier alpha value is -1.58. The van der Waals surface area contributed by atoms with Crippen molar-refractivity contribution >= 4 is 5.69 Å². The van der Waals surface area contributed by atoms with Gasteiger partial charge in [-0.25, -0.2) is 0 Å². The van der Waals surface area contributed by atoms with E-state index in [-0.39, 0.29) is 16.0 Å². The smallest absolute Gasteiger partial charge is 0.269 e. The second kappa shape index (κ2) is 4.51. The summed E-state index contributed by atoms with van der Waals surface area (Å²) in [6.07, 6.45) is 0.748. The summed E-state index contributed by atoms with van der Waals surface area (Å²) in [6, 6.07) is 4.70. The summed E-state index contributed by atoms with van der Waals surface area (Å²) in [5, 5.41) is 10.7. The third kappa shape index (κ3) is 3.22. The van der Waals surface area contributed by atoms with Gasteiger partial charge in [-0.05, 0) is 17.9 Å². The van der Waals surface area contributed by atoms with E-state index in [1.54, 1.807) is 19.2 Å². The molecule has 0 unspecified atom stereocenters. The maximum absolute atomic E-state index is 10.7. The Kier molecular flexibility index (Phi) is 3.52. The normalized spacial score (nSPS) is 11.2. The molecule has 0 spiro atoms. The average molecular weight is 223 g/mol. The number of non-ortho nitro benzene ring substituents is 1. The first-order valence-electron chi connectivity index (χ1n) is 5.15. The lowest BCUT2D eigenvalue weighted by Crippen LogP contribution is -2.10. The van der Waals surface area contributed by atoms with E-state index in [2.05, 4.69) is 20.8 Å². The summed E-state index contributed by atoms with van der Waals surface area (Å²) in [7, 11) is 1.58. The molecule has 0 saturated carbocycles. The van der Waals surface area contributed by atoms with Gasteiger partial charge < -0.3 is 4.74 Å². The van der Waals surface area contributed by atoms with Crippen molar-refractivity contribution in [3.05, 3.63) is 33.9 Å². The van der Waals surface area contributed by atoms with Gasteiger partial charge in [-0.2, -0.15) is 0 Å². The van der Waals surface area contributed by atoms with Crippen molar-refractivity contribution in [3.8, 4) is 5.75 Å². The minimum Gasteiger partial charge on any atom is -0.496 e. The molecular weight excluding hydrogens is 206 g/mol. The van der Waals surface area contributed by atoms with E-state index in [9.17, 15) is 10.1 Å². The van der Waals surface area contributed by atoms with Crippen LogP contribution in [0, 0.1) is 15.5 Å². The molecule has 0 radical (unpaired) electrons. The Morgan fingerprint density at radius 2 is 2.00 bits per heavy atom. The van der Waals surface area contributed by atoms with Crippen LogP contribution in [0.1, 0.15) is 26.3 Å². The molecule has 0 fully saturated rings. The van der Waals surface area contributed by atoms with Crippen LogP contribution in [-0.4, -0.2) is 12.0 Å². The number of hydrogen-bond donors (Lipinski definition) is 0. The van der Waals surface area contributed by atoms with Gasteiger partial charge in [-0.1, -0.05) is 20.8 Å². The van der Waals surface area contributed by atoms with Crippen molar-refractivity contribution in [3.63, 3.8) is 0 Å². The molecule has 88 valence electrons. The molecule has 16 heavy (non-hydrogen) atoms. The Morgan fingerprint density at radius 1 is 1.38 bits per heavy atom. The van der Waals surface area contributed by atoms with E-state index in [1.165, 1.54) is 6.07 Å². The van der Waals surface area contributed by atoms with E-state index < -0.39 is 0 Å². The highest BCUT2D eigenvalue weighted by Crippen LogP contribution is 2.30. The summed E-state index contributed by atoms with van der Waals surface area (Å²) >= 11 is 0.